The Kier molecular flexibility index (Phi) is 6.13. The summed E-state index contributed by atoms with van der Waals surface area (Å²) in [7, 11) is 1.99. The van der Waals surface area contributed by atoms with E-state index in [9.17, 15) is 4.79 Å². The fraction of sp³-hybridized carbons (Fsp3) is 0.818. The van der Waals surface area contributed by atoms with E-state index < -0.39 is 0 Å². The molecule has 2 rings (SSSR count). The van der Waals surface area contributed by atoms with Crippen LogP contribution in [0.4, 0.5) is 0 Å². The zero-order valence-corrected chi connectivity index (χ0v) is 13.1. The van der Waals surface area contributed by atoms with Crippen LogP contribution in [0, 0.1) is 0 Å². The van der Waals surface area contributed by atoms with Crippen LogP contribution in [0.15, 0.2) is 4.99 Å². The Hall–Kier alpha value is -0.570. The van der Waals surface area contributed by atoms with Gasteiger partial charge in [0, 0.05) is 32.7 Å². The van der Waals surface area contributed by atoms with Crippen LogP contribution in [0.5, 0.6) is 0 Å². The molecule has 0 bridgehead atoms. The lowest BCUT2D eigenvalue weighted by Gasteiger charge is -2.25. The standard InChI is InChI=1S/C11H21N5O.HI/c1-15(9-2-3-9)11(12)14-5-7-16-6-4-13-10(17)8-16;/h9H,2-8H2,1H3,(H2,12,14)(H,13,17);1H. The number of carbonyl (C=O) groups is 1. The highest BCUT2D eigenvalue weighted by Crippen LogP contribution is 2.24. The van der Waals surface area contributed by atoms with Gasteiger partial charge in [0.25, 0.3) is 0 Å². The molecular weight excluding hydrogens is 345 g/mol. The Morgan fingerprint density at radius 3 is 2.94 bits per heavy atom. The Balaban J connectivity index is 0.00000162. The number of hydrogen-bond acceptors (Lipinski definition) is 3. The molecule has 0 spiro atoms. The first-order chi connectivity index (χ1) is 8.16. The van der Waals surface area contributed by atoms with Crippen molar-refractivity contribution in [1.29, 1.82) is 0 Å². The second kappa shape index (κ2) is 7.13. The van der Waals surface area contributed by atoms with Crippen molar-refractivity contribution in [1.82, 2.24) is 15.1 Å². The van der Waals surface area contributed by atoms with Crippen LogP contribution in [-0.4, -0.2) is 67.5 Å². The first-order valence-corrected chi connectivity index (χ1v) is 6.18. The molecule has 1 amide bonds. The van der Waals surface area contributed by atoms with Gasteiger partial charge in [-0.3, -0.25) is 14.7 Å². The van der Waals surface area contributed by atoms with Crippen molar-refractivity contribution in [2.24, 2.45) is 10.7 Å². The molecule has 1 saturated carbocycles. The van der Waals surface area contributed by atoms with Gasteiger partial charge in [0.15, 0.2) is 5.96 Å². The second-order valence-corrected chi connectivity index (χ2v) is 4.71. The van der Waals surface area contributed by atoms with E-state index in [0.29, 0.717) is 25.1 Å². The molecular formula is C11H22IN5O. The maximum atomic E-state index is 11.2. The number of hydrogen-bond donors (Lipinski definition) is 2. The quantitative estimate of drug-likeness (QED) is 0.397. The summed E-state index contributed by atoms with van der Waals surface area (Å²) in [5, 5.41) is 2.80. The molecule has 6 nitrogen and oxygen atoms in total. The number of aliphatic imine (C=N–C) groups is 1. The van der Waals surface area contributed by atoms with E-state index in [4.69, 9.17) is 5.73 Å². The van der Waals surface area contributed by atoms with Crippen molar-refractivity contribution >= 4 is 35.8 Å². The molecule has 2 fully saturated rings. The van der Waals surface area contributed by atoms with Crippen LogP contribution < -0.4 is 11.1 Å². The van der Waals surface area contributed by atoms with E-state index in [-0.39, 0.29) is 29.9 Å². The lowest BCUT2D eigenvalue weighted by molar-refractivity contribution is -0.124. The average Bonchev–Trinajstić information content (AvgIpc) is 3.12. The molecule has 1 saturated heterocycles. The summed E-state index contributed by atoms with van der Waals surface area (Å²) in [5.41, 5.74) is 5.88. The summed E-state index contributed by atoms with van der Waals surface area (Å²) >= 11 is 0. The topological polar surface area (TPSA) is 74.0 Å². The molecule has 0 aromatic rings. The number of piperazine rings is 1. The minimum absolute atomic E-state index is 0. The normalized spacial score (nSPS) is 21.2. The minimum atomic E-state index is 0. The number of guanidine groups is 1. The van der Waals surface area contributed by atoms with E-state index in [1.807, 2.05) is 11.9 Å². The van der Waals surface area contributed by atoms with Gasteiger partial charge < -0.3 is 16.0 Å². The van der Waals surface area contributed by atoms with Crippen LogP contribution >= 0.6 is 24.0 Å². The summed E-state index contributed by atoms with van der Waals surface area (Å²) in [5.74, 6) is 0.720. The molecule has 0 aromatic carbocycles. The molecule has 2 aliphatic rings. The van der Waals surface area contributed by atoms with E-state index >= 15 is 0 Å². The van der Waals surface area contributed by atoms with E-state index in [1.165, 1.54) is 12.8 Å². The molecule has 0 atom stereocenters. The Labute approximate surface area is 125 Å². The highest BCUT2D eigenvalue weighted by atomic mass is 127. The van der Waals surface area contributed by atoms with Crippen molar-refractivity contribution in [3.8, 4) is 0 Å². The Morgan fingerprint density at radius 2 is 2.33 bits per heavy atom. The molecule has 1 aliphatic heterocycles. The third kappa shape index (κ3) is 4.60. The van der Waals surface area contributed by atoms with Crippen LogP contribution in [0.3, 0.4) is 0 Å². The number of nitrogens with zero attached hydrogens (tertiary/aromatic N) is 3. The molecule has 7 heteroatoms. The maximum Gasteiger partial charge on any atom is 0.234 e. The smallest absolute Gasteiger partial charge is 0.234 e. The van der Waals surface area contributed by atoms with Gasteiger partial charge in [-0.1, -0.05) is 0 Å². The second-order valence-electron chi connectivity index (χ2n) is 4.71. The summed E-state index contributed by atoms with van der Waals surface area (Å²) in [4.78, 5) is 19.7. The van der Waals surface area contributed by atoms with Gasteiger partial charge in [0.1, 0.15) is 0 Å². The van der Waals surface area contributed by atoms with Crippen LogP contribution in [0.2, 0.25) is 0 Å². The molecule has 0 aromatic heterocycles. The minimum Gasteiger partial charge on any atom is -0.370 e. The first-order valence-electron chi connectivity index (χ1n) is 6.18. The predicted octanol–water partition coefficient (Wildman–Crippen LogP) is -0.555. The van der Waals surface area contributed by atoms with Gasteiger partial charge in [-0.15, -0.1) is 24.0 Å². The predicted molar refractivity (Wildman–Crippen MR) is 82.1 cm³/mol. The molecule has 1 heterocycles. The van der Waals surface area contributed by atoms with Gasteiger partial charge >= 0.3 is 0 Å². The number of carbonyl (C=O) groups excluding carboxylic acids is 1. The highest BCUT2D eigenvalue weighted by molar-refractivity contribution is 14.0. The van der Waals surface area contributed by atoms with Crippen molar-refractivity contribution in [2.75, 3.05) is 39.8 Å². The van der Waals surface area contributed by atoms with E-state index in [2.05, 4.69) is 15.2 Å². The summed E-state index contributed by atoms with van der Waals surface area (Å²) in [6, 6.07) is 0.597. The monoisotopic (exact) mass is 367 g/mol. The van der Waals surface area contributed by atoms with Crippen molar-refractivity contribution in [3.63, 3.8) is 0 Å². The van der Waals surface area contributed by atoms with Gasteiger partial charge in [0.05, 0.1) is 13.1 Å². The SMILES string of the molecule is CN(C(N)=NCCN1CCNC(=O)C1)C1CC1.I. The number of amides is 1. The first kappa shape index (κ1) is 15.5. The summed E-state index contributed by atoms with van der Waals surface area (Å²) < 4.78 is 0. The van der Waals surface area contributed by atoms with Gasteiger partial charge in [-0.2, -0.15) is 0 Å². The Morgan fingerprint density at radius 1 is 1.61 bits per heavy atom. The lowest BCUT2D eigenvalue weighted by atomic mass is 10.3. The number of rotatable bonds is 4. The molecule has 3 N–H and O–H groups in total. The van der Waals surface area contributed by atoms with Crippen LogP contribution in [-0.2, 0) is 4.79 Å². The molecule has 0 radical (unpaired) electrons. The lowest BCUT2D eigenvalue weighted by Crippen LogP contribution is -2.48. The van der Waals surface area contributed by atoms with Crippen LogP contribution in [0.25, 0.3) is 0 Å². The fourth-order valence-electron chi connectivity index (χ4n) is 1.95. The van der Waals surface area contributed by atoms with Gasteiger partial charge in [0.2, 0.25) is 5.91 Å². The van der Waals surface area contributed by atoms with E-state index in [0.717, 1.165) is 19.6 Å². The fourth-order valence-corrected chi connectivity index (χ4v) is 1.95. The third-order valence-corrected chi connectivity index (χ3v) is 3.26. The zero-order valence-electron chi connectivity index (χ0n) is 10.8. The number of halogens is 1. The van der Waals surface area contributed by atoms with Gasteiger partial charge in [-0.05, 0) is 12.8 Å². The molecule has 1 aliphatic carbocycles. The molecule has 0 unspecified atom stereocenters. The third-order valence-electron chi connectivity index (χ3n) is 3.26. The average molecular weight is 367 g/mol. The zero-order chi connectivity index (χ0) is 12.3. The van der Waals surface area contributed by atoms with Crippen molar-refractivity contribution in [3.05, 3.63) is 0 Å². The van der Waals surface area contributed by atoms with E-state index in [1.54, 1.807) is 0 Å². The van der Waals surface area contributed by atoms with Gasteiger partial charge in [-0.25, -0.2) is 0 Å². The Bertz CT molecular complexity index is 319. The summed E-state index contributed by atoms with van der Waals surface area (Å²) in [6.45, 7) is 3.58. The number of nitrogens with one attached hydrogen (secondary N) is 1. The van der Waals surface area contributed by atoms with Crippen LogP contribution in [0.1, 0.15) is 12.8 Å². The summed E-state index contributed by atoms with van der Waals surface area (Å²) in [6.07, 6.45) is 2.44. The van der Waals surface area contributed by atoms with Crippen molar-refractivity contribution < 1.29 is 4.79 Å². The molecule has 18 heavy (non-hydrogen) atoms. The largest absolute Gasteiger partial charge is 0.370 e. The highest BCUT2D eigenvalue weighted by Gasteiger charge is 2.27. The maximum absolute atomic E-state index is 11.2. The van der Waals surface area contributed by atoms with Crippen molar-refractivity contribution in [2.45, 2.75) is 18.9 Å². The number of nitrogens with two attached hydrogens (primary N) is 1. The molecule has 104 valence electrons.